The Morgan fingerprint density at radius 3 is 2.78 bits per heavy atom. The number of carbonyl (C=O) groups is 1. The molecule has 116 valence electrons. The van der Waals surface area contributed by atoms with Gasteiger partial charge < -0.3 is 9.73 Å². The number of nitrogens with one attached hydrogen (secondary N) is 1. The van der Waals surface area contributed by atoms with E-state index >= 15 is 0 Å². The molecule has 0 fully saturated rings. The molecule has 1 heterocycles. The fourth-order valence-electron chi connectivity index (χ4n) is 2.33. The topological polar surface area (TPSA) is 42.2 Å². The van der Waals surface area contributed by atoms with Gasteiger partial charge in [0.15, 0.2) is 0 Å². The van der Waals surface area contributed by atoms with Gasteiger partial charge in [0.1, 0.15) is 17.2 Å². The summed E-state index contributed by atoms with van der Waals surface area (Å²) in [6.45, 7) is 1.85. The second-order valence-electron chi connectivity index (χ2n) is 5.31. The van der Waals surface area contributed by atoms with Crippen LogP contribution in [0.15, 0.2) is 65.1 Å². The maximum atomic E-state index is 13.1. The quantitative estimate of drug-likeness (QED) is 0.723. The Labute approximate surface area is 133 Å². The lowest BCUT2D eigenvalue weighted by molar-refractivity contribution is -0.117. The van der Waals surface area contributed by atoms with Crippen molar-refractivity contribution in [1.29, 1.82) is 0 Å². The highest BCUT2D eigenvalue weighted by atomic mass is 19.1. The molecule has 0 saturated carbocycles. The number of benzene rings is 2. The number of amides is 1. The van der Waals surface area contributed by atoms with Crippen LogP contribution in [0.2, 0.25) is 0 Å². The number of hydrogen-bond acceptors (Lipinski definition) is 2. The maximum absolute atomic E-state index is 13.1. The Morgan fingerprint density at radius 2 is 2.00 bits per heavy atom. The zero-order chi connectivity index (χ0) is 16.2. The first-order chi connectivity index (χ1) is 11.1. The molecule has 3 nitrogen and oxygen atoms in total. The van der Waals surface area contributed by atoms with Crippen LogP contribution in [-0.2, 0) is 4.79 Å². The Balaban J connectivity index is 1.67. The van der Waals surface area contributed by atoms with Crippen molar-refractivity contribution < 1.29 is 13.6 Å². The van der Waals surface area contributed by atoms with Crippen molar-refractivity contribution >= 4 is 23.0 Å². The predicted octanol–water partition coefficient (Wildman–Crippen LogP) is 4.46. The molecule has 0 aliphatic carbocycles. The monoisotopic (exact) mass is 309 g/mol. The van der Waals surface area contributed by atoms with Crippen molar-refractivity contribution in [2.75, 3.05) is 0 Å². The molecular formula is C19H16FNO2. The van der Waals surface area contributed by atoms with E-state index in [9.17, 15) is 9.18 Å². The van der Waals surface area contributed by atoms with E-state index in [1.807, 2.05) is 37.3 Å². The van der Waals surface area contributed by atoms with E-state index in [1.165, 1.54) is 18.2 Å². The van der Waals surface area contributed by atoms with Gasteiger partial charge in [0.05, 0.1) is 6.04 Å². The summed E-state index contributed by atoms with van der Waals surface area (Å²) in [5, 5.41) is 3.83. The van der Waals surface area contributed by atoms with Crippen LogP contribution in [-0.4, -0.2) is 5.91 Å². The number of fused-ring (bicyclic) bond motifs is 1. The fraction of sp³-hybridized carbons (Fsp3) is 0.105. The largest absolute Gasteiger partial charge is 0.459 e. The minimum Gasteiger partial charge on any atom is -0.459 e. The summed E-state index contributed by atoms with van der Waals surface area (Å²) < 4.78 is 18.8. The van der Waals surface area contributed by atoms with Gasteiger partial charge in [0.25, 0.3) is 0 Å². The maximum Gasteiger partial charge on any atom is 0.244 e. The number of halogens is 1. The second-order valence-corrected chi connectivity index (χ2v) is 5.31. The Bertz CT molecular complexity index is 833. The summed E-state index contributed by atoms with van der Waals surface area (Å²) in [5.41, 5.74) is 1.43. The number of para-hydroxylation sites is 1. The molecule has 2 aromatic carbocycles. The molecule has 3 aromatic rings. The number of hydrogen-bond donors (Lipinski definition) is 1. The molecule has 0 bridgehead atoms. The number of rotatable bonds is 4. The molecule has 0 spiro atoms. The van der Waals surface area contributed by atoms with Gasteiger partial charge in [-0.05, 0) is 42.8 Å². The third kappa shape index (κ3) is 3.66. The standard InChI is InChI=1S/C19H16FNO2/c1-13(18-12-15-6-2-3-8-17(15)23-18)21-19(22)10-9-14-5-4-7-16(20)11-14/h2-13H,1H3,(H,21,22)/b10-9+/t13-/m0/s1. The van der Waals surface area contributed by atoms with Crippen LogP contribution in [0.4, 0.5) is 4.39 Å². The van der Waals surface area contributed by atoms with Crippen molar-refractivity contribution in [3.8, 4) is 0 Å². The third-order valence-corrected chi connectivity index (χ3v) is 3.51. The summed E-state index contributed by atoms with van der Waals surface area (Å²) >= 11 is 0. The van der Waals surface area contributed by atoms with Crippen LogP contribution < -0.4 is 5.32 Å². The van der Waals surface area contributed by atoms with Crippen LogP contribution in [0.5, 0.6) is 0 Å². The van der Waals surface area contributed by atoms with Gasteiger partial charge in [-0.1, -0.05) is 30.3 Å². The SMILES string of the molecule is C[C@H](NC(=O)/C=C/c1cccc(F)c1)c1cc2ccccc2o1. The smallest absolute Gasteiger partial charge is 0.244 e. The van der Waals surface area contributed by atoms with Crippen LogP contribution in [0.3, 0.4) is 0 Å². The molecule has 0 aliphatic rings. The molecule has 0 saturated heterocycles. The highest BCUT2D eigenvalue weighted by Gasteiger charge is 2.12. The molecule has 0 aliphatic heterocycles. The molecule has 1 N–H and O–H groups in total. The third-order valence-electron chi connectivity index (χ3n) is 3.51. The van der Waals surface area contributed by atoms with Gasteiger partial charge in [-0.15, -0.1) is 0 Å². The average molecular weight is 309 g/mol. The van der Waals surface area contributed by atoms with E-state index in [0.29, 0.717) is 11.3 Å². The van der Waals surface area contributed by atoms with E-state index in [-0.39, 0.29) is 17.8 Å². The highest BCUT2D eigenvalue weighted by molar-refractivity contribution is 5.92. The van der Waals surface area contributed by atoms with Crippen molar-refractivity contribution in [1.82, 2.24) is 5.32 Å². The van der Waals surface area contributed by atoms with Crippen LogP contribution in [0.25, 0.3) is 17.0 Å². The summed E-state index contributed by atoms with van der Waals surface area (Å²) in [4.78, 5) is 12.0. The molecule has 1 amide bonds. The molecule has 0 unspecified atom stereocenters. The zero-order valence-corrected chi connectivity index (χ0v) is 12.6. The van der Waals surface area contributed by atoms with Gasteiger partial charge in [0, 0.05) is 11.5 Å². The van der Waals surface area contributed by atoms with Crippen LogP contribution in [0.1, 0.15) is 24.3 Å². The predicted molar refractivity (Wildman–Crippen MR) is 88.2 cm³/mol. The molecule has 1 atom stereocenters. The highest BCUT2D eigenvalue weighted by Crippen LogP contribution is 2.23. The molecule has 1 aromatic heterocycles. The lowest BCUT2D eigenvalue weighted by Crippen LogP contribution is -2.24. The Hall–Kier alpha value is -2.88. The van der Waals surface area contributed by atoms with E-state index in [2.05, 4.69) is 5.32 Å². The first-order valence-corrected chi connectivity index (χ1v) is 7.34. The van der Waals surface area contributed by atoms with E-state index in [1.54, 1.807) is 18.2 Å². The summed E-state index contributed by atoms with van der Waals surface area (Å²) in [7, 11) is 0. The van der Waals surface area contributed by atoms with Gasteiger partial charge in [0.2, 0.25) is 5.91 Å². The summed E-state index contributed by atoms with van der Waals surface area (Å²) in [6.07, 6.45) is 2.96. The first-order valence-electron chi connectivity index (χ1n) is 7.34. The van der Waals surface area contributed by atoms with Crippen molar-refractivity contribution in [3.05, 3.63) is 77.8 Å². The van der Waals surface area contributed by atoms with Crippen molar-refractivity contribution in [2.45, 2.75) is 13.0 Å². The molecule has 0 radical (unpaired) electrons. The molecule has 23 heavy (non-hydrogen) atoms. The summed E-state index contributed by atoms with van der Waals surface area (Å²) in [5.74, 6) is 0.101. The lowest BCUT2D eigenvalue weighted by atomic mass is 10.2. The minimum absolute atomic E-state index is 0.257. The van der Waals surface area contributed by atoms with E-state index in [0.717, 1.165) is 11.0 Å². The number of furan rings is 1. The summed E-state index contributed by atoms with van der Waals surface area (Å²) in [6, 6.07) is 15.4. The lowest BCUT2D eigenvalue weighted by Gasteiger charge is -2.09. The van der Waals surface area contributed by atoms with Crippen molar-refractivity contribution in [3.63, 3.8) is 0 Å². The Morgan fingerprint density at radius 1 is 1.17 bits per heavy atom. The molecule has 3 rings (SSSR count). The second kappa shape index (κ2) is 6.48. The normalized spacial score (nSPS) is 12.6. The molecular weight excluding hydrogens is 293 g/mol. The van der Waals surface area contributed by atoms with Crippen LogP contribution >= 0.6 is 0 Å². The fourth-order valence-corrected chi connectivity index (χ4v) is 2.33. The first kappa shape index (κ1) is 15.0. The van der Waals surface area contributed by atoms with E-state index in [4.69, 9.17) is 4.42 Å². The van der Waals surface area contributed by atoms with Crippen molar-refractivity contribution in [2.24, 2.45) is 0 Å². The number of carbonyl (C=O) groups excluding carboxylic acids is 1. The van der Waals surface area contributed by atoms with E-state index < -0.39 is 0 Å². The van der Waals surface area contributed by atoms with Gasteiger partial charge in [-0.3, -0.25) is 4.79 Å². The van der Waals surface area contributed by atoms with Gasteiger partial charge in [-0.25, -0.2) is 4.39 Å². The minimum atomic E-state index is -0.330. The van der Waals surface area contributed by atoms with Gasteiger partial charge >= 0.3 is 0 Å². The Kier molecular flexibility index (Phi) is 4.24. The van der Waals surface area contributed by atoms with Gasteiger partial charge in [-0.2, -0.15) is 0 Å². The zero-order valence-electron chi connectivity index (χ0n) is 12.6. The van der Waals surface area contributed by atoms with Crippen LogP contribution in [0, 0.1) is 5.82 Å². The average Bonchev–Trinajstić information content (AvgIpc) is 2.97. The molecule has 4 heteroatoms.